The first-order valence-electron chi connectivity index (χ1n) is 10.1. The number of esters is 1. The van der Waals surface area contributed by atoms with Crippen molar-refractivity contribution < 1.29 is 27.1 Å². The van der Waals surface area contributed by atoms with Crippen molar-refractivity contribution in [2.75, 3.05) is 25.6 Å². The fourth-order valence-electron chi connectivity index (χ4n) is 3.21. The minimum absolute atomic E-state index is 0.00996. The maximum Gasteiger partial charge on any atom is 0.417 e. The molecule has 4 rings (SSSR count). The van der Waals surface area contributed by atoms with Crippen LogP contribution in [0.2, 0.25) is 0 Å². The van der Waals surface area contributed by atoms with E-state index in [4.69, 9.17) is 9.15 Å². The maximum atomic E-state index is 14.1. The third-order valence-corrected chi connectivity index (χ3v) is 5.86. The van der Waals surface area contributed by atoms with Crippen LogP contribution in [0.1, 0.15) is 22.2 Å². The molecule has 176 valence electrons. The van der Waals surface area contributed by atoms with Gasteiger partial charge in [0.25, 0.3) is 0 Å². The van der Waals surface area contributed by atoms with Crippen LogP contribution in [-0.4, -0.2) is 31.7 Å². The van der Waals surface area contributed by atoms with Crippen LogP contribution in [-0.2, 0) is 10.9 Å². The summed E-state index contributed by atoms with van der Waals surface area (Å²) in [6.07, 6.45) is -3.40. The number of hydrogen-bond donors (Lipinski definition) is 0. The molecule has 34 heavy (non-hydrogen) atoms. The Hall–Kier alpha value is -3.73. The molecular weight excluding hydrogens is 469 g/mol. The molecule has 0 aliphatic carbocycles. The van der Waals surface area contributed by atoms with Crippen LogP contribution in [0.25, 0.3) is 21.7 Å². The molecule has 3 heterocycles. The van der Waals surface area contributed by atoms with Crippen LogP contribution >= 0.6 is 11.3 Å². The van der Waals surface area contributed by atoms with Crippen LogP contribution in [0.4, 0.5) is 30.2 Å². The third kappa shape index (κ3) is 4.65. The molecule has 0 bridgehead atoms. The minimum Gasteiger partial charge on any atom is -0.463 e. The second-order valence-corrected chi connectivity index (χ2v) is 8.32. The number of ether oxygens (including phenoxy) is 1. The molecule has 0 aliphatic rings. The van der Waals surface area contributed by atoms with Crippen molar-refractivity contribution in [2.24, 2.45) is 10.2 Å². The number of carbonyl (C=O) groups excluding carboxylic acids is 1. The zero-order valence-electron chi connectivity index (χ0n) is 18.4. The van der Waals surface area contributed by atoms with Gasteiger partial charge in [-0.3, -0.25) is 0 Å². The predicted molar refractivity (Wildman–Crippen MR) is 123 cm³/mol. The molecule has 0 amide bonds. The fraction of sp³-hybridized carbons (Fsp3) is 0.217. The first kappa shape index (κ1) is 23.4. The monoisotopic (exact) mass is 488 g/mol. The van der Waals surface area contributed by atoms with E-state index in [9.17, 15) is 18.0 Å². The van der Waals surface area contributed by atoms with Crippen LogP contribution in [0.5, 0.6) is 0 Å². The Labute approximate surface area is 196 Å². The minimum atomic E-state index is -4.74. The lowest BCUT2D eigenvalue weighted by atomic mass is 10.1. The molecule has 0 spiro atoms. The number of rotatable bonds is 6. The Morgan fingerprint density at radius 2 is 1.91 bits per heavy atom. The molecule has 11 heteroatoms. The van der Waals surface area contributed by atoms with Gasteiger partial charge in [-0.2, -0.15) is 18.3 Å². The van der Waals surface area contributed by atoms with E-state index in [1.165, 1.54) is 12.3 Å². The number of nitrogens with zero attached hydrogens (tertiary/aromatic N) is 4. The van der Waals surface area contributed by atoms with Crippen LogP contribution in [0.3, 0.4) is 0 Å². The highest BCUT2D eigenvalue weighted by molar-refractivity contribution is 7.21. The standard InChI is InChI=1S/C23H19F3N4O3S/c1-4-32-22(31)20-19(29-28-13-7-9-14(10-8-13)30(2)3)18-15(23(24,25)26)12-16(27-21(18)34-20)17-6-5-11-33-17/h5-12H,4H2,1-3H3. The third-order valence-electron chi connectivity index (χ3n) is 4.81. The highest BCUT2D eigenvalue weighted by Gasteiger charge is 2.37. The number of fused-ring (bicyclic) bond motifs is 1. The van der Waals surface area contributed by atoms with Crippen LogP contribution < -0.4 is 4.90 Å². The molecule has 3 aromatic heterocycles. The quantitative estimate of drug-likeness (QED) is 0.211. The molecule has 0 aliphatic heterocycles. The van der Waals surface area contributed by atoms with Gasteiger partial charge in [0.15, 0.2) is 5.76 Å². The van der Waals surface area contributed by atoms with Gasteiger partial charge in [-0.05, 0) is 49.4 Å². The largest absolute Gasteiger partial charge is 0.463 e. The lowest BCUT2D eigenvalue weighted by Gasteiger charge is -2.11. The lowest BCUT2D eigenvalue weighted by Crippen LogP contribution is -2.07. The number of alkyl halides is 3. The lowest BCUT2D eigenvalue weighted by molar-refractivity contribution is -0.136. The summed E-state index contributed by atoms with van der Waals surface area (Å²) in [5.74, 6) is -0.627. The number of halogens is 3. The number of benzene rings is 1. The molecule has 7 nitrogen and oxygen atoms in total. The van der Waals surface area contributed by atoms with Gasteiger partial charge in [-0.25, -0.2) is 9.78 Å². The Morgan fingerprint density at radius 3 is 2.50 bits per heavy atom. The van der Waals surface area contributed by atoms with Gasteiger partial charge in [0.1, 0.15) is 21.1 Å². The normalized spacial score (nSPS) is 11.9. The molecule has 0 N–H and O–H groups in total. The van der Waals surface area contributed by atoms with E-state index >= 15 is 0 Å². The Kier molecular flexibility index (Phi) is 6.38. The summed E-state index contributed by atoms with van der Waals surface area (Å²) in [7, 11) is 3.75. The molecule has 0 fully saturated rings. The van der Waals surface area contributed by atoms with Gasteiger partial charge in [0.05, 0.1) is 29.5 Å². The molecule has 1 aromatic carbocycles. The Bertz CT molecular complexity index is 1340. The first-order chi connectivity index (χ1) is 16.2. The fourth-order valence-corrected chi connectivity index (χ4v) is 4.24. The summed E-state index contributed by atoms with van der Waals surface area (Å²) in [6.45, 7) is 1.65. The van der Waals surface area contributed by atoms with Crippen molar-refractivity contribution in [3.8, 4) is 11.5 Å². The predicted octanol–water partition coefficient (Wildman–Crippen LogP) is 7.23. The van der Waals surface area contributed by atoms with Gasteiger partial charge in [0.2, 0.25) is 0 Å². The van der Waals surface area contributed by atoms with Crippen LogP contribution in [0.15, 0.2) is 63.4 Å². The number of pyridine rings is 1. The van der Waals surface area contributed by atoms with Crippen molar-refractivity contribution in [1.29, 1.82) is 0 Å². The second-order valence-electron chi connectivity index (χ2n) is 7.32. The summed E-state index contributed by atoms with van der Waals surface area (Å²) < 4.78 is 52.6. The van der Waals surface area contributed by atoms with Gasteiger partial charge in [-0.1, -0.05) is 0 Å². The SMILES string of the molecule is CCOC(=O)c1sc2nc(-c3ccco3)cc(C(F)(F)F)c2c1N=Nc1ccc(N(C)C)cc1. The van der Waals surface area contributed by atoms with E-state index in [-0.39, 0.29) is 38.8 Å². The topological polar surface area (TPSA) is 80.3 Å². The number of hydrogen-bond acceptors (Lipinski definition) is 8. The van der Waals surface area contributed by atoms with E-state index in [2.05, 4.69) is 15.2 Å². The van der Waals surface area contributed by atoms with E-state index in [1.54, 1.807) is 37.3 Å². The molecule has 0 saturated heterocycles. The van der Waals surface area contributed by atoms with Crippen molar-refractivity contribution >= 4 is 44.6 Å². The van der Waals surface area contributed by atoms with Crippen molar-refractivity contribution in [3.63, 3.8) is 0 Å². The van der Waals surface area contributed by atoms with E-state index < -0.39 is 17.7 Å². The number of carbonyl (C=O) groups is 1. The maximum absolute atomic E-state index is 14.1. The van der Waals surface area contributed by atoms with Gasteiger partial charge < -0.3 is 14.1 Å². The molecule has 0 saturated carbocycles. The molecular formula is C23H19F3N4O3S. The average molecular weight is 488 g/mol. The van der Waals surface area contributed by atoms with E-state index in [1.807, 2.05) is 19.0 Å². The molecule has 0 radical (unpaired) electrons. The number of thiophene rings is 1. The summed E-state index contributed by atoms with van der Waals surface area (Å²) >= 11 is 0.767. The molecule has 0 unspecified atom stereocenters. The summed E-state index contributed by atoms with van der Waals surface area (Å²) in [5, 5.41) is 7.84. The number of anilines is 1. The van der Waals surface area contributed by atoms with E-state index in [0.29, 0.717) is 5.69 Å². The molecule has 4 aromatic rings. The highest BCUT2D eigenvalue weighted by atomic mass is 32.1. The number of aromatic nitrogens is 1. The summed E-state index contributed by atoms with van der Waals surface area (Å²) in [4.78, 5) is 18.7. The highest BCUT2D eigenvalue weighted by Crippen LogP contribution is 2.46. The van der Waals surface area contributed by atoms with Crippen molar-refractivity contribution in [2.45, 2.75) is 13.1 Å². The van der Waals surface area contributed by atoms with Crippen molar-refractivity contribution in [3.05, 3.63) is 59.2 Å². The zero-order chi connectivity index (χ0) is 24.5. The first-order valence-corrected chi connectivity index (χ1v) is 11.0. The Balaban J connectivity index is 1.92. The van der Waals surface area contributed by atoms with E-state index in [0.717, 1.165) is 23.1 Å². The smallest absolute Gasteiger partial charge is 0.417 e. The number of furan rings is 1. The Morgan fingerprint density at radius 1 is 1.18 bits per heavy atom. The van der Waals surface area contributed by atoms with Crippen molar-refractivity contribution in [1.82, 2.24) is 4.98 Å². The van der Waals surface area contributed by atoms with Gasteiger partial charge >= 0.3 is 12.1 Å². The second kappa shape index (κ2) is 9.26. The summed E-state index contributed by atoms with van der Waals surface area (Å²) in [6, 6.07) is 10.9. The zero-order valence-corrected chi connectivity index (χ0v) is 19.2. The average Bonchev–Trinajstić information content (AvgIpc) is 3.45. The van der Waals surface area contributed by atoms with Crippen LogP contribution in [0, 0.1) is 0 Å². The van der Waals surface area contributed by atoms with Gasteiger partial charge in [-0.15, -0.1) is 16.5 Å². The summed E-state index contributed by atoms with van der Waals surface area (Å²) in [5.41, 5.74) is 0.0902. The number of azo groups is 1. The molecule has 0 atom stereocenters. The van der Waals surface area contributed by atoms with Gasteiger partial charge in [0, 0.05) is 19.8 Å².